The largest absolute Gasteiger partial charge is 0.488 e. The number of rotatable bonds is 5. The number of nitrogens with two attached hydrogens (primary N) is 1. The van der Waals surface area contributed by atoms with Crippen LogP contribution in [-0.4, -0.2) is 52.3 Å². The van der Waals surface area contributed by atoms with Crippen LogP contribution in [0.5, 0.6) is 5.75 Å². The Balaban J connectivity index is 1.51. The third kappa shape index (κ3) is 7.09. The molecule has 1 fully saturated rings. The first kappa shape index (κ1) is 29.5. The van der Waals surface area contributed by atoms with Crippen LogP contribution >= 0.6 is 0 Å². The number of carbonyl (C=O) groups excluding carboxylic acids is 3. The fraction of sp³-hybridized carbons (Fsp3) is 0.471. The van der Waals surface area contributed by atoms with Crippen molar-refractivity contribution in [3.05, 3.63) is 60.2 Å². The van der Waals surface area contributed by atoms with Crippen LogP contribution in [0.2, 0.25) is 0 Å². The summed E-state index contributed by atoms with van der Waals surface area (Å²) in [5, 5.41) is 3.89. The van der Waals surface area contributed by atoms with E-state index < -0.39 is 24.1 Å². The summed E-state index contributed by atoms with van der Waals surface area (Å²) in [5.41, 5.74) is 9.64. The maximum absolute atomic E-state index is 13.8. The lowest BCUT2D eigenvalue weighted by atomic mass is 10.0. The van der Waals surface area contributed by atoms with Crippen molar-refractivity contribution in [2.45, 2.75) is 95.7 Å². The predicted octanol–water partition coefficient (Wildman–Crippen LogP) is 5.31. The lowest BCUT2D eigenvalue weighted by Gasteiger charge is -2.27. The van der Waals surface area contributed by atoms with E-state index in [1.807, 2.05) is 36.4 Å². The second-order valence-electron chi connectivity index (χ2n) is 11.6. The number of amides is 3. The number of aryl methyl sites for hydroxylation is 1. The molecule has 0 saturated carbocycles. The molecule has 42 heavy (non-hydrogen) atoms. The van der Waals surface area contributed by atoms with Crippen LogP contribution in [-0.2, 0) is 20.8 Å². The van der Waals surface area contributed by atoms with E-state index >= 15 is 0 Å². The third-order valence-corrected chi connectivity index (χ3v) is 8.42. The molecule has 2 aliphatic heterocycles. The van der Waals surface area contributed by atoms with Crippen molar-refractivity contribution < 1.29 is 19.1 Å². The fourth-order valence-electron chi connectivity index (χ4n) is 6.10. The molecule has 0 aliphatic carbocycles. The van der Waals surface area contributed by atoms with E-state index in [4.69, 9.17) is 15.5 Å². The summed E-state index contributed by atoms with van der Waals surface area (Å²) >= 11 is 0. The Bertz CT molecular complexity index is 1410. The number of benzene rings is 2. The predicted molar refractivity (Wildman–Crippen MR) is 164 cm³/mol. The molecule has 222 valence electrons. The standard InChI is InChI=1S/C34H42N4O4/c1-2-3-15-28-34(41)38-22-25(20-30(38)33(35)40)42-31-21-29(24-13-9-7-10-14-24)36-27-18-17-23(19-26(27)31)12-8-5-4-6-11-16-32(39)37-28/h7,9-10,13-14,17-19,21,25,28,30H,2-6,8,11-12,15-16,20,22H2,1H3,(H2,35,40)(H,37,39)/t25-,28+,30+/m1/s1. The molecule has 0 radical (unpaired) electrons. The Morgan fingerprint density at radius 2 is 1.79 bits per heavy atom. The summed E-state index contributed by atoms with van der Waals surface area (Å²) in [7, 11) is 0. The van der Waals surface area contributed by atoms with Crippen LogP contribution in [0.4, 0.5) is 0 Å². The van der Waals surface area contributed by atoms with Crippen molar-refractivity contribution in [3.63, 3.8) is 0 Å². The summed E-state index contributed by atoms with van der Waals surface area (Å²) in [4.78, 5) is 45.7. The number of hydrogen-bond acceptors (Lipinski definition) is 5. The van der Waals surface area contributed by atoms with Crippen LogP contribution in [0.25, 0.3) is 22.2 Å². The van der Waals surface area contributed by atoms with Gasteiger partial charge in [-0.1, -0.05) is 75.4 Å². The van der Waals surface area contributed by atoms with Gasteiger partial charge in [0.25, 0.3) is 0 Å². The minimum Gasteiger partial charge on any atom is -0.488 e. The number of hydrogen-bond donors (Lipinski definition) is 2. The number of aromatic nitrogens is 1. The van der Waals surface area contributed by atoms with Gasteiger partial charge in [-0.25, -0.2) is 4.98 Å². The fourth-order valence-corrected chi connectivity index (χ4v) is 6.10. The highest BCUT2D eigenvalue weighted by Gasteiger charge is 2.42. The lowest BCUT2D eigenvalue weighted by molar-refractivity contribution is -0.140. The van der Waals surface area contributed by atoms with Gasteiger partial charge in [-0.15, -0.1) is 0 Å². The highest BCUT2D eigenvalue weighted by Crippen LogP contribution is 2.34. The number of fused-ring (bicyclic) bond motifs is 3. The molecule has 1 aromatic heterocycles. The van der Waals surface area contributed by atoms with Gasteiger partial charge in [-0.05, 0) is 43.4 Å². The summed E-state index contributed by atoms with van der Waals surface area (Å²) < 4.78 is 6.64. The summed E-state index contributed by atoms with van der Waals surface area (Å²) in [5.74, 6) is -0.272. The van der Waals surface area contributed by atoms with E-state index in [0.717, 1.165) is 73.5 Å². The Morgan fingerprint density at radius 3 is 2.55 bits per heavy atom. The van der Waals surface area contributed by atoms with Crippen LogP contribution in [0.3, 0.4) is 0 Å². The van der Waals surface area contributed by atoms with Crippen LogP contribution in [0, 0.1) is 0 Å². The summed E-state index contributed by atoms with van der Waals surface area (Å²) in [6.45, 7) is 2.27. The number of primary amides is 1. The van der Waals surface area contributed by atoms with E-state index in [2.05, 4.69) is 30.4 Å². The van der Waals surface area contributed by atoms with Gasteiger partial charge in [0.15, 0.2) is 0 Å². The number of nitrogens with zero attached hydrogens (tertiary/aromatic N) is 2. The summed E-state index contributed by atoms with van der Waals surface area (Å²) in [6, 6.07) is 16.8. The molecule has 4 bridgehead atoms. The van der Waals surface area contributed by atoms with Crippen molar-refractivity contribution in [3.8, 4) is 17.0 Å². The number of carbonyl (C=O) groups is 3. The normalized spacial score (nSPS) is 22.2. The molecule has 5 rings (SSSR count). The Morgan fingerprint density at radius 1 is 1.02 bits per heavy atom. The molecule has 3 atom stereocenters. The molecule has 3 aromatic rings. The van der Waals surface area contributed by atoms with E-state index in [0.29, 0.717) is 25.0 Å². The maximum Gasteiger partial charge on any atom is 0.245 e. The zero-order valence-electron chi connectivity index (χ0n) is 24.5. The summed E-state index contributed by atoms with van der Waals surface area (Å²) in [6.07, 6.45) is 8.39. The van der Waals surface area contributed by atoms with E-state index in [-0.39, 0.29) is 18.4 Å². The molecule has 0 spiro atoms. The van der Waals surface area contributed by atoms with Gasteiger partial charge in [0.05, 0.1) is 17.8 Å². The highest BCUT2D eigenvalue weighted by atomic mass is 16.5. The smallest absolute Gasteiger partial charge is 0.245 e. The minimum atomic E-state index is -0.800. The number of pyridine rings is 1. The molecular weight excluding hydrogens is 528 g/mol. The molecule has 8 nitrogen and oxygen atoms in total. The van der Waals surface area contributed by atoms with Gasteiger partial charge in [0.1, 0.15) is 23.9 Å². The lowest BCUT2D eigenvalue weighted by Crippen LogP contribution is -2.53. The first-order chi connectivity index (χ1) is 20.4. The van der Waals surface area contributed by atoms with Crippen molar-refractivity contribution >= 4 is 28.6 Å². The minimum absolute atomic E-state index is 0.117. The number of nitrogens with one attached hydrogen (secondary N) is 1. The van der Waals surface area contributed by atoms with Gasteiger partial charge in [-0.3, -0.25) is 14.4 Å². The number of unbranched alkanes of at least 4 members (excludes halogenated alkanes) is 1. The average molecular weight is 571 g/mol. The zero-order valence-corrected chi connectivity index (χ0v) is 24.5. The van der Waals surface area contributed by atoms with Crippen LogP contribution in [0.1, 0.15) is 76.7 Å². The monoisotopic (exact) mass is 570 g/mol. The first-order valence-electron chi connectivity index (χ1n) is 15.5. The van der Waals surface area contributed by atoms with Crippen molar-refractivity contribution in [2.24, 2.45) is 5.73 Å². The van der Waals surface area contributed by atoms with E-state index in [1.165, 1.54) is 10.5 Å². The molecular formula is C34H42N4O4. The van der Waals surface area contributed by atoms with Crippen molar-refractivity contribution in [2.75, 3.05) is 6.54 Å². The van der Waals surface area contributed by atoms with Gasteiger partial charge in [-0.2, -0.15) is 0 Å². The maximum atomic E-state index is 13.8. The molecule has 3 heterocycles. The molecule has 2 aliphatic rings. The Hall–Kier alpha value is -3.94. The Labute approximate surface area is 248 Å². The quantitative estimate of drug-likeness (QED) is 0.432. The zero-order chi connectivity index (χ0) is 29.5. The average Bonchev–Trinajstić information content (AvgIpc) is 3.42. The van der Waals surface area contributed by atoms with Gasteiger partial charge in [0, 0.05) is 29.9 Å². The van der Waals surface area contributed by atoms with Crippen molar-refractivity contribution in [1.82, 2.24) is 15.2 Å². The van der Waals surface area contributed by atoms with E-state index in [1.54, 1.807) is 0 Å². The topological polar surface area (TPSA) is 115 Å². The molecule has 3 amide bonds. The Kier molecular flexibility index (Phi) is 9.72. The second-order valence-corrected chi connectivity index (χ2v) is 11.6. The second kappa shape index (κ2) is 13.8. The molecule has 8 heteroatoms. The van der Waals surface area contributed by atoms with Crippen LogP contribution in [0.15, 0.2) is 54.6 Å². The SMILES string of the molecule is CCCC[C@@H]1NC(=O)CCCCCCCc2ccc3nc(-c4ccccc4)cc(c3c2)O[C@@H]2C[C@@H](C(N)=O)N(C2)C1=O. The first-order valence-corrected chi connectivity index (χ1v) is 15.5. The van der Waals surface area contributed by atoms with Crippen LogP contribution < -0.4 is 15.8 Å². The van der Waals surface area contributed by atoms with Gasteiger partial charge in [0.2, 0.25) is 17.7 Å². The number of ether oxygens (including phenoxy) is 1. The highest BCUT2D eigenvalue weighted by molar-refractivity contribution is 5.92. The molecule has 0 unspecified atom stereocenters. The van der Waals surface area contributed by atoms with E-state index in [9.17, 15) is 14.4 Å². The molecule has 3 N–H and O–H groups in total. The van der Waals surface area contributed by atoms with Gasteiger partial charge >= 0.3 is 0 Å². The molecule has 2 aromatic carbocycles. The third-order valence-electron chi connectivity index (χ3n) is 8.42. The van der Waals surface area contributed by atoms with Gasteiger partial charge < -0.3 is 20.7 Å². The molecule has 1 saturated heterocycles. The van der Waals surface area contributed by atoms with Crippen molar-refractivity contribution in [1.29, 1.82) is 0 Å².